The standard InChI is InChI=1S/C36H37F2N3/c1-6-13-32(35-24(2)14-11-15-25(35)3)39-20-12-19-34-36(27(5)41-23-31(38)30(37)22-26(41)4)29-17-8-7-16-28(29)33-18-9-10-21-40(33)34/h6-11,13-18,21-23,34,36,39H,1,5,12,19-20H2,2-4H3/q+2/b32-13-. The van der Waals surface area contributed by atoms with Crippen molar-refractivity contribution in [3.05, 3.63) is 144 Å². The summed E-state index contributed by atoms with van der Waals surface area (Å²) < 4.78 is 32.5. The third-order valence-corrected chi connectivity index (χ3v) is 8.09. The Kier molecular flexibility index (Phi) is 8.25. The highest BCUT2D eigenvalue weighted by Crippen LogP contribution is 2.43. The zero-order valence-corrected chi connectivity index (χ0v) is 24.0. The quantitative estimate of drug-likeness (QED) is 0.130. The molecule has 1 aliphatic rings. The Morgan fingerprint density at radius 1 is 0.951 bits per heavy atom. The zero-order valence-electron chi connectivity index (χ0n) is 24.0. The number of hydrogen-bond donors (Lipinski definition) is 1. The molecule has 0 aliphatic carbocycles. The van der Waals surface area contributed by atoms with Crippen LogP contribution in [0.5, 0.6) is 0 Å². The van der Waals surface area contributed by atoms with Gasteiger partial charge < -0.3 is 5.32 Å². The van der Waals surface area contributed by atoms with Crippen LogP contribution in [0.25, 0.3) is 22.7 Å². The van der Waals surface area contributed by atoms with Crippen molar-refractivity contribution in [2.45, 2.75) is 45.6 Å². The van der Waals surface area contributed by atoms with Crippen LogP contribution >= 0.6 is 0 Å². The molecular formula is C36H37F2N3+2. The first-order valence-electron chi connectivity index (χ1n) is 14.1. The number of fused-ring (bicyclic) bond motifs is 3. The predicted molar refractivity (Wildman–Crippen MR) is 162 cm³/mol. The van der Waals surface area contributed by atoms with Gasteiger partial charge in [0.2, 0.25) is 17.7 Å². The Morgan fingerprint density at radius 3 is 2.44 bits per heavy atom. The largest absolute Gasteiger partial charge is 0.385 e. The van der Waals surface area contributed by atoms with E-state index in [0.717, 1.165) is 47.6 Å². The topological polar surface area (TPSA) is 19.8 Å². The van der Waals surface area contributed by atoms with Crippen LogP contribution in [0.3, 0.4) is 0 Å². The Morgan fingerprint density at radius 2 is 1.68 bits per heavy atom. The van der Waals surface area contributed by atoms with Gasteiger partial charge in [0.15, 0.2) is 29.4 Å². The van der Waals surface area contributed by atoms with Gasteiger partial charge in [0.1, 0.15) is 5.92 Å². The molecule has 41 heavy (non-hydrogen) atoms. The van der Waals surface area contributed by atoms with Crippen LogP contribution in [-0.4, -0.2) is 6.54 Å². The van der Waals surface area contributed by atoms with Crippen molar-refractivity contribution in [1.29, 1.82) is 0 Å². The summed E-state index contributed by atoms with van der Waals surface area (Å²) in [7, 11) is 0. The van der Waals surface area contributed by atoms with Crippen LogP contribution in [0, 0.1) is 32.4 Å². The van der Waals surface area contributed by atoms with Crippen LogP contribution in [0.4, 0.5) is 8.78 Å². The van der Waals surface area contributed by atoms with Crippen molar-refractivity contribution < 1.29 is 17.9 Å². The van der Waals surface area contributed by atoms with Gasteiger partial charge in [-0.25, -0.2) is 4.39 Å². The Labute approximate surface area is 241 Å². The average Bonchev–Trinajstić information content (AvgIpc) is 2.96. The average molecular weight is 550 g/mol. The van der Waals surface area contributed by atoms with Gasteiger partial charge in [-0.1, -0.05) is 49.1 Å². The van der Waals surface area contributed by atoms with E-state index in [4.69, 9.17) is 0 Å². The summed E-state index contributed by atoms with van der Waals surface area (Å²) in [6.45, 7) is 15.2. The Balaban J connectivity index is 1.47. The predicted octanol–water partition coefficient (Wildman–Crippen LogP) is 7.54. The number of pyridine rings is 2. The second kappa shape index (κ2) is 12.0. The molecule has 3 nitrogen and oxygen atoms in total. The first kappa shape index (κ1) is 28.2. The number of aromatic nitrogens is 2. The van der Waals surface area contributed by atoms with E-state index < -0.39 is 11.6 Å². The van der Waals surface area contributed by atoms with Crippen LogP contribution in [0.2, 0.25) is 0 Å². The molecule has 0 amide bonds. The van der Waals surface area contributed by atoms with E-state index in [1.807, 2.05) is 30.4 Å². The smallest absolute Gasteiger partial charge is 0.222 e. The molecular weight excluding hydrogens is 512 g/mol. The van der Waals surface area contributed by atoms with E-state index in [0.29, 0.717) is 5.69 Å². The molecule has 1 aliphatic heterocycles. The van der Waals surface area contributed by atoms with E-state index in [1.54, 1.807) is 11.5 Å². The molecule has 2 aromatic heterocycles. The van der Waals surface area contributed by atoms with Gasteiger partial charge in [-0.05, 0) is 61.7 Å². The summed E-state index contributed by atoms with van der Waals surface area (Å²) in [5, 5.41) is 3.66. The number of nitrogens with one attached hydrogen (secondary N) is 1. The highest BCUT2D eigenvalue weighted by Gasteiger charge is 2.44. The molecule has 5 rings (SSSR count). The third kappa shape index (κ3) is 5.49. The first-order chi connectivity index (χ1) is 19.8. The lowest BCUT2D eigenvalue weighted by atomic mass is 9.79. The minimum Gasteiger partial charge on any atom is -0.385 e. The van der Waals surface area contributed by atoms with Crippen LogP contribution in [0.1, 0.15) is 52.7 Å². The molecule has 0 spiro atoms. The molecule has 0 saturated carbocycles. The number of aryl methyl sites for hydroxylation is 3. The normalized spacial score (nSPS) is 16.1. The van der Waals surface area contributed by atoms with E-state index in [9.17, 15) is 8.78 Å². The van der Waals surface area contributed by atoms with E-state index in [-0.39, 0.29) is 12.0 Å². The maximum absolute atomic E-state index is 14.4. The molecule has 2 aromatic carbocycles. The number of benzene rings is 2. The van der Waals surface area contributed by atoms with Gasteiger partial charge >= 0.3 is 0 Å². The maximum atomic E-state index is 14.4. The Bertz CT molecular complexity index is 1630. The van der Waals surface area contributed by atoms with Crippen molar-refractivity contribution in [2.75, 3.05) is 6.54 Å². The minimum atomic E-state index is -0.886. The van der Waals surface area contributed by atoms with E-state index >= 15 is 0 Å². The molecule has 208 valence electrons. The fraction of sp³-hybridized carbons (Fsp3) is 0.222. The fourth-order valence-corrected chi connectivity index (χ4v) is 6.23. The van der Waals surface area contributed by atoms with Crippen LogP contribution in [0.15, 0.2) is 104 Å². The summed E-state index contributed by atoms with van der Waals surface area (Å²) in [5.41, 5.74) is 9.42. The van der Waals surface area contributed by atoms with Crippen LogP contribution < -0.4 is 14.5 Å². The SMILES string of the molecule is C=C/C=C(\NCCCC1C(C(=C)[n+]2cc(F)c(F)cc2C)c2ccccc2-c2cccc[n+]21)c1c(C)cccc1C. The lowest BCUT2D eigenvalue weighted by Gasteiger charge is -2.29. The lowest BCUT2D eigenvalue weighted by Crippen LogP contribution is -2.51. The fourth-order valence-electron chi connectivity index (χ4n) is 6.23. The summed E-state index contributed by atoms with van der Waals surface area (Å²) in [5.74, 6) is -1.88. The molecule has 2 atom stereocenters. The van der Waals surface area contributed by atoms with Crippen molar-refractivity contribution in [1.82, 2.24) is 5.32 Å². The van der Waals surface area contributed by atoms with Crippen molar-refractivity contribution in [2.24, 2.45) is 0 Å². The van der Waals surface area contributed by atoms with Gasteiger partial charge in [-0.15, -0.1) is 0 Å². The highest BCUT2D eigenvalue weighted by atomic mass is 19.2. The van der Waals surface area contributed by atoms with E-state index in [1.165, 1.54) is 29.0 Å². The maximum Gasteiger partial charge on any atom is 0.222 e. The van der Waals surface area contributed by atoms with Gasteiger partial charge in [-0.3, -0.25) is 0 Å². The van der Waals surface area contributed by atoms with E-state index in [2.05, 4.69) is 85.6 Å². The molecule has 0 saturated heterocycles. The monoisotopic (exact) mass is 549 g/mol. The van der Waals surface area contributed by atoms with Gasteiger partial charge in [0, 0.05) is 49.3 Å². The number of allylic oxidation sites excluding steroid dienone is 3. The molecule has 2 unspecified atom stereocenters. The number of halogens is 2. The van der Waals surface area contributed by atoms with Crippen LogP contribution in [-0.2, 0) is 0 Å². The molecule has 0 fully saturated rings. The van der Waals surface area contributed by atoms with Gasteiger partial charge in [-0.2, -0.15) is 13.5 Å². The summed E-state index contributed by atoms with van der Waals surface area (Å²) >= 11 is 0. The first-order valence-corrected chi connectivity index (χ1v) is 14.1. The highest BCUT2D eigenvalue weighted by molar-refractivity contribution is 5.70. The lowest BCUT2D eigenvalue weighted by molar-refractivity contribution is -0.720. The molecule has 4 aromatic rings. The Hall–Kier alpha value is -4.38. The molecule has 5 heteroatoms. The zero-order chi connectivity index (χ0) is 29.1. The summed E-state index contributed by atoms with van der Waals surface area (Å²) in [4.78, 5) is 0. The third-order valence-electron chi connectivity index (χ3n) is 8.09. The van der Waals surface area contributed by atoms with Crippen molar-refractivity contribution >= 4 is 11.4 Å². The van der Waals surface area contributed by atoms with Crippen molar-refractivity contribution in [3.8, 4) is 11.3 Å². The van der Waals surface area contributed by atoms with Gasteiger partial charge in [0.25, 0.3) is 0 Å². The number of hydrogen-bond acceptors (Lipinski definition) is 1. The van der Waals surface area contributed by atoms with Crippen molar-refractivity contribution in [3.63, 3.8) is 0 Å². The second-order valence-electron chi connectivity index (χ2n) is 10.7. The summed E-state index contributed by atoms with van der Waals surface area (Å²) in [6, 6.07) is 22.2. The second-order valence-corrected chi connectivity index (χ2v) is 10.7. The molecule has 0 bridgehead atoms. The molecule has 1 N–H and O–H groups in total. The molecule has 3 heterocycles. The number of rotatable bonds is 9. The number of nitrogens with zero attached hydrogens (tertiary/aromatic N) is 2. The minimum absolute atomic E-state index is 0.0300. The summed E-state index contributed by atoms with van der Waals surface area (Å²) in [6.07, 6.45) is 8.93. The molecule has 0 radical (unpaired) electrons. The van der Waals surface area contributed by atoms with Gasteiger partial charge in [0.05, 0.1) is 5.56 Å².